The molecule has 0 fully saturated rings. The zero-order valence-corrected chi connectivity index (χ0v) is 13.9. The average Bonchev–Trinajstić information content (AvgIpc) is 2.56. The highest BCUT2D eigenvalue weighted by molar-refractivity contribution is 6.31. The van der Waals surface area contributed by atoms with E-state index in [1.807, 2.05) is 25.1 Å². The van der Waals surface area contributed by atoms with E-state index < -0.39 is 0 Å². The molecule has 6 nitrogen and oxygen atoms in total. The quantitative estimate of drug-likeness (QED) is 0.761. The van der Waals surface area contributed by atoms with Crippen LogP contribution in [0.15, 0.2) is 30.6 Å². The van der Waals surface area contributed by atoms with Gasteiger partial charge in [-0.05, 0) is 31.0 Å². The van der Waals surface area contributed by atoms with Crippen molar-refractivity contribution in [1.82, 2.24) is 15.3 Å². The standard InChI is InChI=1S/C16H19ClN4O2/c1-11-12(17)5-3-6-13(11)21-15-10-19-14(9-20-15)16(22)18-7-4-8-23-2/h3,5-6,9-10H,4,7-8H2,1-2H3,(H,18,22)(H,20,21). The molecule has 7 heteroatoms. The molecule has 0 aliphatic heterocycles. The van der Waals surface area contributed by atoms with Crippen molar-refractivity contribution in [2.45, 2.75) is 13.3 Å². The summed E-state index contributed by atoms with van der Waals surface area (Å²) >= 11 is 6.08. The Hall–Kier alpha value is -2.18. The van der Waals surface area contributed by atoms with E-state index in [0.717, 1.165) is 17.7 Å². The van der Waals surface area contributed by atoms with Gasteiger partial charge in [0.2, 0.25) is 0 Å². The number of hydrogen-bond acceptors (Lipinski definition) is 5. The lowest BCUT2D eigenvalue weighted by Gasteiger charge is -2.10. The lowest BCUT2D eigenvalue weighted by Crippen LogP contribution is -2.26. The molecule has 0 atom stereocenters. The van der Waals surface area contributed by atoms with Crippen LogP contribution in [0.1, 0.15) is 22.5 Å². The maximum absolute atomic E-state index is 11.9. The highest BCUT2D eigenvalue weighted by Crippen LogP contribution is 2.25. The SMILES string of the molecule is COCCCNC(=O)c1cnc(Nc2cccc(Cl)c2C)cn1. The van der Waals surface area contributed by atoms with Gasteiger partial charge in [0.05, 0.1) is 12.4 Å². The van der Waals surface area contributed by atoms with E-state index in [9.17, 15) is 4.79 Å². The van der Waals surface area contributed by atoms with Gasteiger partial charge in [-0.3, -0.25) is 4.79 Å². The number of nitrogens with zero attached hydrogens (tertiary/aromatic N) is 2. The summed E-state index contributed by atoms with van der Waals surface area (Å²) in [7, 11) is 1.63. The van der Waals surface area contributed by atoms with Gasteiger partial charge in [0.1, 0.15) is 11.5 Å². The number of rotatable bonds is 7. The van der Waals surface area contributed by atoms with E-state index in [-0.39, 0.29) is 11.6 Å². The predicted molar refractivity (Wildman–Crippen MR) is 90.3 cm³/mol. The molecule has 0 saturated heterocycles. The van der Waals surface area contributed by atoms with Gasteiger partial charge in [-0.2, -0.15) is 0 Å². The Morgan fingerprint density at radius 2 is 2.13 bits per heavy atom. The minimum absolute atomic E-state index is 0.251. The summed E-state index contributed by atoms with van der Waals surface area (Å²) in [6.07, 6.45) is 3.71. The molecule has 0 saturated carbocycles. The third-order valence-electron chi connectivity index (χ3n) is 3.23. The maximum Gasteiger partial charge on any atom is 0.271 e. The zero-order valence-electron chi connectivity index (χ0n) is 13.1. The first-order valence-corrected chi connectivity index (χ1v) is 7.61. The number of ether oxygens (including phenoxy) is 1. The third-order valence-corrected chi connectivity index (χ3v) is 3.64. The number of aromatic nitrogens is 2. The van der Waals surface area contributed by atoms with Gasteiger partial charge in [-0.25, -0.2) is 9.97 Å². The highest BCUT2D eigenvalue weighted by Gasteiger charge is 2.08. The van der Waals surface area contributed by atoms with Gasteiger partial charge < -0.3 is 15.4 Å². The van der Waals surface area contributed by atoms with Crippen molar-refractivity contribution in [2.24, 2.45) is 0 Å². The monoisotopic (exact) mass is 334 g/mol. The summed E-state index contributed by atoms with van der Waals surface area (Å²) in [5.41, 5.74) is 2.05. The molecular formula is C16H19ClN4O2. The molecule has 0 aliphatic rings. The van der Waals surface area contributed by atoms with Crippen molar-refractivity contribution in [3.63, 3.8) is 0 Å². The second kappa shape index (κ2) is 8.45. The second-order valence-corrected chi connectivity index (χ2v) is 5.33. The first-order chi connectivity index (χ1) is 11.1. The van der Waals surface area contributed by atoms with E-state index >= 15 is 0 Å². The number of anilines is 2. The van der Waals surface area contributed by atoms with E-state index in [4.69, 9.17) is 16.3 Å². The molecule has 0 unspecified atom stereocenters. The lowest BCUT2D eigenvalue weighted by molar-refractivity contribution is 0.0943. The molecule has 2 aromatic rings. The molecule has 122 valence electrons. The summed E-state index contributed by atoms with van der Waals surface area (Å²) < 4.78 is 4.92. The Kier molecular flexibility index (Phi) is 6.31. The first-order valence-electron chi connectivity index (χ1n) is 7.23. The molecule has 0 bridgehead atoms. The summed E-state index contributed by atoms with van der Waals surface area (Å²) in [4.78, 5) is 20.2. The second-order valence-electron chi connectivity index (χ2n) is 4.93. The number of benzene rings is 1. The molecule has 1 aromatic heterocycles. The van der Waals surface area contributed by atoms with Crippen LogP contribution >= 0.6 is 11.6 Å². The summed E-state index contributed by atoms with van der Waals surface area (Å²) in [5.74, 6) is 0.297. The average molecular weight is 335 g/mol. The molecule has 23 heavy (non-hydrogen) atoms. The Morgan fingerprint density at radius 3 is 2.83 bits per heavy atom. The number of carbonyl (C=O) groups excluding carboxylic acids is 1. The number of hydrogen-bond donors (Lipinski definition) is 2. The number of carbonyl (C=O) groups is 1. The lowest BCUT2D eigenvalue weighted by atomic mass is 10.2. The summed E-state index contributed by atoms with van der Waals surface area (Å²) in [6.45, 7) is 3.06. The summed E-state index contributed by atoms with van der Waals surface area (Å²) in [6, 6.07) is 5.58. The molecule has 2 N–H and O–H groups in total. The minimum Gasteiger partial charge on any atom is -0.385 e. The fraction of sp³-hybridized carbons (Fsp3) is 0.312. The van der Waals surface area contributed by atoms with Crippen molar-refractivity contribution >= 4 is 29.0 Å². The largest absolute Gasteiger partial charge is 0.385 e. The molecule has 1 heterocycles. The first kappa shape index (κ1) is 17.2. The normalized spacial score (nSPS) is 10.4. The van der Waals surface area contributed by atoms with Crippen molar-refractivity contribution in [2.75, 3.05) is 25.6 Å². The van der Waals surface area contributed by atoms with Gasteiger partial charge in [0.15, 0.2) is 0 Å². The molecule has 1 aromatic carbocycles. The maximum atomic E-state index is 11.9. The Labute approximate surface area is 140 Å². The van der Waals surface area contributed by atoms with Crippen LogP contribution in [0, 0.1) is 6.92 Å². The highest BCUT2D eigenvalue weighted by atomic mass is 35.5. The van der Waals surface area contributed by atoms with Crippen LogP contribution in [0.2, 0.25) is 5.02 Å². The Balaban J connectivity index is 1.96. The van der Waals surface area contributed by atoms with Crippen molar-refractivity contribution in [3.05, 3.63) is 46.9 Å². The van der Waals surface area contributed by atoms with Gasteiger partial charge in [0, 0.05) is 31.0 Å². The molecule has 0 spiro atoms. The van der Waals surface area contributed by atoms with Crippen LogP contribution in [-0.2, 0) is 4.74 Å². The third kappa shape index (κ3) is 4.91. The predicted octanol–water partition coefficient (Wildman–Crippen LogP) is 2.95. The van der Waals surface area contributed by atoms with Crippen LogP contribution < -0.4 is 10.6 Å². The number of amides is 1. The van der Waals surface area contributed by atoms with E-state index in [1.54, 1.807) is 7.11 Å². The van der Waals surface area contributed by atoms with Crippen LogP contribution in [0.4, 0.5) is 11.5 Å². The molecule has 0 aliphatic carbocycles. The summed E-state index contributed by atoms with van der Waals surface area (Å²) in [5, 5.41) is 6.57. The molecule has 1 amide bonds. The van der Waals surface area contributed by atoms with Gasteiger partial charge >= 0.3 is 0 Å². The number of halogens is 1. The molecule has 2 rings (SSSR count). The zero-order chi connectivity index (χ0) is 16.7. The van der Waals surface area contributed by atoms with Crippen molar-refractivity contribution < 1.29 is 9.53 Å². The van der Waals surface area contributed by atoms with Crippen LogP contribution in [0.5, 0.6) is 0 Å². The number of nitrogens with one attached hydrogen (secondary N) is 2. The fourth-order valence-electron chi connectivity index (χ4n) is 1.90. The van der Waals surface area contributed by atoms with Crippen molar-refractivity contribution in [1.29, 1.82) is 0 Å². The fourth-order valence-corrected chi connectivity index (χ4v) is 2.07. The van der Waals surface area contributed by atoms with E-state index in [1.165, 1.54) is 12.4 Å². The van der Waals surface area contributed by atoms with Gasteiger partial charge in [-0.1, -0.05) is 17.7 Å². The van der Waals surface area contributed by atoms with Gasteiger partial charge in [0.25, 0.3) is 5.91 Å². The molecular weight excluding hydrogens is 316 g/mol. The van der Waals surface area contributed by atoms with Crippen LogP contribution in [-0.4, -0.2) is 36.1 Å². The Morgan fingerprint density at radius 1 is 1.30 bits per heavy atom. The van der Waals surface area contributed by atoms with Crippen molar-refractivity contribution in [3.8, 4) is 0 Å². The van der Waals surface area contributed by atoms with Crippen LogP contribution in [0.3, 0.4) is 0 Å². The van der Waals surface area contributed by atoms with E-state index in [2.05, 4.69) is 20.6 Å². The minimum atomic E-state index is -0.251. The molecule has 0 radical (unpaired) electrons. The van der Waals surface area contributed by atoms with Crippen LogP contribution in [0.25, 0.3) is 0 Å². The van der Waals surface area contributed by atoms with E-state index in [0.29, 0.717) is 24.0 Å². The number of methoxy groups -OCH3 is 1. The van der Waals surface area contributed by atoms with Gasteiger partial charge in [-0.15, -0.1) is 0 Å². The Bertz CT molecular complexity index is 662. The smallest absolute Gasteiger partial charge is 0.271 e. The topological polar surface area (TPSA) is 76.1 Å².